The lowest BCUT2D eigenvalue weighted by molar-refractivity contribution is -0.123. The van der Waals surface area contributed by atoms with E-state index in [0.717, 1.165) is 37.9 Å². The van der Waals surface area contributed by atoms with Gasteiger partial charge in [-0.25, -0.2) is 0 Å². The molecule has 2 aliphatic rings. The van der Waals surface area contributed by atoms with Crippen molar-refractivity contribution >= 4 is 11.6 Å². The minimum atomic E-state index is -0.690. The van der Waals surface area contributed by atoms with Gasteiger partial charge in [-0.2, -0.15) is 0 Å². The first-order valence-electron chi connectivity index (χ1n) is 6.79. The summed E-state index contributed by atoms with van der Waals surface area (Å²) in [5.74, 6) is 0.469. The highest BCUT2D eigenvalue weighted by Crippen LogP contribution is 2.40. The van der Waals surface area contributed by atoms with E-state index < -0.39 is 5.54 Å². The van der Waals surface area contributed by atoms with Crippen molar-refractivity contribution in [3.63, 3.8) is 0 Å². The largest absolute Gasteiger partial charge is 0.317 e. The van der Waals surface area contributed by atoms with Crippen LogP contribution < -0.4 is 10.6 Å². The number of aryl methyl sites for hydroxylation is 1. The lowest BCUT2D eigenvalue weighted by atomic mass is 9.93. The quantitative estimate of drug-likeness (QED) is 0.866. The van der Waals surface area contributed by atoms with E-state index in [0.29, 0.717) is 5.92 Å². The molecule has 0 aromatic heterocycles. The number of para-hydroxylation sites is 1. The molecule has 18 heavy (non-hydrogen) atoms. The highest BCUT2D eigenvalue weighted by molar-refractivity contribution is 6.01. The molecule has 1 aliphatic carbocycles. The van der Waals surface area contributed by atoms with Crippen molar-refractivity contribution in [3.05, 3.63) is 29.8 Å². The van der Waals surface area contributed by atoms with Crippen molar-refractivity contribution in [2.45, 2.75) is 38.1 Å². The average Bonchev–Trinajstić information content (AvgIpc) is 3.22. The smallest absolute Gasteiger partial charge is 0.247 e. The molecular formula is C15H20N2O. The standard InChI is InChI=1S/C15H20N2O/c1-15(16,12-8-9-12)14(18)17-10-4-6-11-5-2-3-7-13(11)17/h2-3,5,7,12H,4,6,8-10,16H2,1H3. The molecule has 0 saturated heterocycles. The normalized spacial score (nSPS) is 22.2. The minimum Gasteiger partial charge on any atom is -0.317 e. The lowest BCUT2D eigenvalue weighted by Crippen LogP contribution is -2.56. The van der Waals surface area contributed by atoms with Crippen LogP contribution in [-0.2, 0) is 11.2 Å². The summed E-state index contributed by atoms with van der Waals surface area (Å²) in [5, 5.41) is 0. The maximum Gasteiger partial charge on any atom is 0.247 e. The van der Waals surface area contributed by atoms with Gasteiger partial charge in [0.05, 0.1) is 5.54 Å². The molecule has 2 N–H and O–H groups in total. The second-order valence-electron chi connectivity index (χ2n) is 5.75. The van der Waals surface area contributed by atoms with Gasteiger partial charge in [0.25, 0.3) is 0 Å². The van der Waals surface area contributed by atoms with Crippen molar-refractivity contribution < 1.29 is 4.79 Å². The van der Waals surface area contributed by atoms with Gasteiger partial charge in [-0.1, -0.05) is 18.2 Å². The molecule has 0 radical (unpaired) electrons. The van der Waals surface area contributed by atoms with Crippen LogP contribution in [0, 0.1) is 5.92 Å². The summed E-state index contributed by atoms with van der Waals surface area (Å²) in [6, 6.07) is 8.18. The van der Waals surface area contributed by atoms with Gasteiger partial charge in [0.15, 0.2) is 0 Å². The summed E-state index contributed by atoms with van der Waals surface area (Å²) in [6.07, 6.45) is 4.27. The number of carbonyl (C=O) groups excluding carboxylic acids is 1. The monoisotopic (exact) mass is 244 g/mol. The van der Waals surface area contributed by atoms with Crippen LogP contribution >= 0.6 is 0 Å². The van der Waals surface area contributed by atoms with Crippen molar-refractivity contribution in [1.82, 2.24) is 0 Å². The van der Waals surface area contributed by atoms with Crippen LogP contribution in [0.1, 0.15) is 31.7 Å². The lowest BCUT2D eigenvalue weighted by Gasteiger charge is -2.35. The molecule has 1 atom stereocenters. The van der Waals surface area contributed by atoms with Gasteiger partial charge in [-0.05, 0) is 50.2 Å². The van der Waals surface area contributed by atoms with Gasteiger partial charge in [0.2, 0.25) is 5.91 Å². The van der Waals surface area contributed by atoms with Gasteiger partial charge in [-0.3, -0.25) is 4.79 Å². The Morgan fingerprint density at radius 1 is 1.39 bits per heavy atom. The number of nitrogens with two attached hydrogens (primary N) is 1. The molecule has 1 saturated carbocycles. The summed E-state index contributed by atoms with van der Waals surface area (Å²) < 4.78 is 0. The zero-order valence-corrected chi connectivity index (χ0v) is 10.9. The second kappa shape index (κ2) is 4.09. The molecule has 1 heterocycles. The molecule has 1 aromatic carbocycles. The number of rotatable bonds is 2. The molecule has 1 aliphatic heterocycles. The predicted octanol–water partition coefficient (Wildman–Crippen LogP) is 2.09. The SMILES string of the molecule is CC(N)(C(=O)N1CCCc2ccccc21)C1CC1. The fraction of sp³-hybridized carbons (Fsp3) is 0.533. The third-order valence-electron chi connectivity index (χ3n) is 4.24. The third-order valence-corrected chi connectivity index (χ3v) is 4.24. The number of amides is 1. The van der Waals surface area contributed by atoms with Crippen molar-refractivity contribution in [3.8, 4) is 0 Å². The Balaban J connectivity index is 1.91. The van der Waals surface area contributed by atoms with E-state index in [-0.39, 0.29) is 5.91 Å². The molecule has 1 amide bonds. The Labute approximate surface area is 108 Å². The maximum absolute atomic E-state index is 12.7. The summed E-state index contributed by atoms with van der Waals surface area (Å²) >= 11 is 0. The van der Waals surface area contributed by atoms with Gasteiger partial charge in [-0.15, -0.1) is 0 Å². The van der Waals surface area contributed by atoms with Crippen LogP contribution in [0.25, 0.3) is 0 Å². The molecule has 1 aromatic rings. The third kappa shape index (κ3) is 1.83. The van der Waals surface area contributed by atoms with E-state index >= 15 is 0 Å². The minimum absolute atomic E-state index is 0.0946. The Morgan fingerprint density at radius 2 is 2.11 bits per heavy atom. The molecule has 3 nitrogen and oxygen atoms in total. The summed E-state index contributed by atoms with van der Waals surface area (Å²) in [7, 11) is 0. The molecule has 96 valence electrons. The number of anilines is 1. The Kier molecular flexibility index (Phi) is 2.67. The topological polar surface area (TPSA) is 46.3 Å². The highest BCUT2D eigenvalue weighted by atomic mass is 16.2. The molecular weight excluding hydrogens is 224 g/mol. The first-order chi connectivity index (χ1) is 8.60. The van der Waals surface area contributed by atoms with Crippen molar-refractivity contribution in [1.29, 1.82) is 0 Å². The number of hydrogen-bond donors (Lipinski definition) is 1. The molecule has 0 bridgehead atoms. The number of nitrogens with zero attached hydrogens (tertiary/aromatic N) is 1. The Hall–Kier alpha value is -1.35. The van der Waals surface area contributed by atoms with E-state index in [1.54, 1.807) is 0 Å². The van der Waals surface area contributed by atoms with Gasteiger partial charge in [0.1, 0.15) is 0 Å². The van der Waals surface area contributed by atoms with E-state index in [2.05, 4.69) is 6.07 Å². The van der Waals surface area contributed by atoms with Gasteiger partial charge in [0, 0.05) is 12.2 Å². The van der Waals surface area contributed by atoms with Crippen LogP contribution in [0.2, 0.25) is 0 Å². The van der Waals surface area contributed by atoms with Gasteiger partial charge < -0.3 is 10.6 Å². The zero-order valence-electron chi connectivity index (χ0n) is 10.9. The first kappa shape index (κ1) is 11.7. The second-order valence-corrected chi connectivity index (χ2v) is 5.75. The van der Waals surface area contributed by atoms with Crippen LogP contribution in [0.5, 0.6) is 0 Å². The molecule has 1 fully saturated rings. The molecule has 1 unspecified atom stereocenters. The van der Waals surface area contributed by atoms with E-state index in [1.807, 2.05) is 30.0 Å². The average molecular weight is 244 g/mol. The number of hydrogen-bond acceptors (Lipinski definition) is 2. The van der Waals surface area contributed by atoms with Crippen molar-refractivity contribution in [2.75, 3.05) is 11.4 Å². The summed E-state index contributed by atoms with van der Waals surface area (Å²) in [5.41, 5.74) is 7.90. The van der Waals surface area contributed by atoms with E-state index in [9.17, 15) is 4.79 Å². The van der Waals surface area contributed by atoms with Gasteiger partial charge >= 0.3 is 0 Å². The van der Waals surface area contributed by atoms with E-state index in [4.69, 9.17) is 5.73 Å². The maximum atomic E-state index is 12.7. The molecule has 3 heteroatoms. The summed E-state index contributed by atoms with van der Waals surface area (Å²) in [4.78, 5) is 14.6. The first-order valence-corrected chi connectivity index (χ1v) is 6.79. The van der Waals surface area contributed by atoms with Crippen LogP contribution in [0.4, 0.5) is 5.69 Å². The predicted molar refractivity (Wildman–Crippen MR) is 72.4 cm³/mol. The Bertz CT molecular complexity index is 477. The van der Waals surface area contributed by atoms with Crippen LogP contribution in [0.3, 0.4) is 0 Å². The highest BCUT2D eigenvalue weighted by Gasteiger charge is 2.46. The number of carbonyl (C=O) groups is 1. The number of fused-ring (bicyclic) bond motifs is 1. The van der Waals surface area contributed by atoms with Crippen LogP contribution in [0.15, 0.2) is 24.3 Å². The van der Waals surface area contributed by atoms with Crippen LogP contribution in [-0.4, -0.2) is 18.0 Å². The Morgan fingerprint density at radius 3 is 2.83 bits per heavy atom. The zero-order chi connectivity index (χ0) is 12.8. The molecule has 0 spiro atoms. The summed E-state index contributed by atoms with van der Waals surface area (Å²) in [6.45, 7) is 2.69. The fourth-order valence-corrected chi connectivity index (χ4v) is 2.89. The number of benzene rings is 1. The molecule has 3 rings (SSSR count). The fourth-order valence-electron chi connectivity index (χ4n) is 2.89. The van der Waals surface area contributed by atoms with Crippen molar-refractivity contribution in [2.24, 2.45) is 11.7 Å². The van der Waals surface area contributed by atoms with E-state index in [1.165, 1.54) is 5.56 Å².